The molecule has 1 aliphatic heterocycles. The van der Waals surface area contributed by atoms with Gasteiger partial charge in [-0.05, 0) is 31.2 Å². The van der Waals surface area contributed by atoms with Gasteiger partial charge in [-0.15, -0.1) is 11.8 Å². The molecule has 1 heterocycles. The van der Waals surface area contributed by atoms with E-state index in [1.54, 1.807) is 11.8 Å². The first-order chi connectivity index (χ1) is 12.1. The molecule has 2 amide bonds. The molecule has 1 aromatic rings. The third-order valence-electron chi connectivity index (χ3n) is 6.05. The van der Waals surface area contributed by atoms with Gasteiger partial charge >= 0.3 is 0 Å². The molecule has 0 spiro atoms. The summed E-state index contributed by atoms with van der Waals surface area (Å²) >= 11 is 1.65. The molecule has 4 nitrogen and oxygen atoms in total. The normalized spacial score (nSPS) is 27.4. The van der Waals surface area contributed by atoms with Crippen LogP contribution in [0, 0.1) is 5.92 Å². The van der Waals surface area contributed by atoms with E-state index in [2.05, 4.69) is 5.32 Å². The monoisotopic (exact) mass is 356 g/mol. The Balaban J connectivity index is 1.64. The Labute approximate surface area is 152 Å². The Morgan fingerprint density at radius 3 is 2.48 bits per heavy atom. The number of nitrogens with two attached hydrogens (primary N) is 1. The molecule has 2 fully saturated rings. The summed E-state index contributed by atoms with van der Waals surface area (Å²) in [6.07, 6.45) is 7.06. The van der Waals surface area contributed by atoms with Crippen molar-refractivity contribution in [3.05, 3.63) is 46.5 Å². The highest BCUT2D eigenvalue weighted by Gasteiger charge is 2.46. The zero-order chi connectivity index (χ0) is 17.4. The zero-order valence-electron chi connectivity index (χ0n) is 14.3. The maximum Gasteiger partial charge on any atom is 0.247 e. The second-order valence-electron chi connectivity index (χ2n) is 7.41. The zero-order valence-corrected chi connectivity index (χ0v) is 15.1. The fraction of sp³-hybridized carbons (Fsp3) is 0.500. The van der Waals surface area contributed by atoms with Crippen molar-refractivity contribution >= 4 is 23.6 Å². The molecule has 3 N–H and O–H groups in total. The highest BCUT2D eigenvalue weighted by atomic mass is 32.2. The fourth-order valence-electron chi connectivity index (χ4n) is 4.78. The minimum absolute atomic E-state index is 0.0254. The number of hydrogen-bond acceptors (Lipinski definition) is 3. The quantitative estimate of drug-likeness (QED) is 0.870. The van der Waals surface area contributed by atoms with E-state index >= 15 is 0 Å². The lowest BCUT2D eigenvalue weighted by Crippen LogP contribution is -2.42. The van der Waals surface area contributed by atoms with Crippen LogP contribution in [0.2, 0.25) is 0 Å². The summed E-state index contributed by atoms with van der Waals surface area (Å²) in [6.45, 7) is 0. The van der Waals surface area contributed by atoms with E-state index in [0.29, 0.717) is 10.8 Å². The average Bonchev–Trinajstić information content (AvgIpc) is 3.31. The molecule has 0 bridgehead atoms. The Bertz CT molecular complexity index is 722. The number of carbonyl (C=O) groups excluding carboxylic acids is 2. The number of amides is 2. The van der Waals surface area contributed by atoms with Gasteiger partial charge in [-0.2, -0.15) is 0 Å². The maximum atomic E-state index is 13.3. The van der Waals surface area contributed by atoms with Gasteiger partial charge in [-0.1, -0.05) is 49.6 Å². The Morgan fingerprint density at radius 2 is 1.80 bits per heavy atom. The first-order valence-corrected chi connectivity index (χ1v) is 10.1. The number of thioether (sulfide) groups is 1. The van der Waals surface area contributed by atoms with Crippen LogP contribution < -0.4 is 11.1 Å². The smallest absolute Gasteiger partial charge is 0.247 e. The molecule has 2 saturated carbocycles. The fourth-order valence-corrected chi connectivity index (χ4v) is 6.33. The van der Waals surface area contributed by atoms with E-state index in [0.717, 1.165) is 55.5 Å². The molecular weight excluding hydrogens is 332 g/mol. The van der Waals surface area contributed by atoms with Gasteiger partial charge in [0.15, 0.2) is 0 Å². The maximum absolute atomic E-state index is 13.3. The van der Waals surface area contributed by atoms with E-state index in [9.17, 15) is 9.59 Å². The lowest BCUT2D eigenvalue weighted by molar-refractivity contribution is -0.125. The van der Waals surface area contributed by atoms with Crippen molar-refractivity contribution < 1.29 is 9.59 Å². The Hall–Kier alpha value is -1.75. The predicted molar refractivity (Wildman–Crippen MR) is 99.7 cm³/mol. The number of benzene rings is 1. The summed E-state index contributed by atoms with van der Waals surface area (Å²) in [5, 5.41) is 4.24. The molecule has 132 valence electrons. The highest BCUT2D eigenvalue weighted by molar-refractivity contribution is 8.04. The second-order valence-corrected chi connectivity index (χ2v) is 8.66. The van der Waals surface area contributed by atoms with Crippen LogP contribution in [-0.2, 0) is 15.0 Å². The number of nitrogens with one attached hydrogen (secondary N) is 1. The van der Waals surface area contributed by atoms with Gasteiger partial charge in [-0.3, -0.25) is 9.59 Å². The molecule has 0 saturated heterocycles. The highest BCUT2D eigenvalue weighted by Crippen LogP contribution is 2.50. The van der Waals surface area contributed by atoms with E-state index in [1.165, 1.54) is 0 Å². The number of fused-ring (bicyclic) bond motifs is 1. The van der Waals surface area contributed by atoms with Gasteiger partial charge in [0.1, 0.15) is 0 Å². The topological polar surface area (TPSA) is 72.2 Å². The molecule has 0 radical (unpaired) electrons. The average molecular weight is 356 g/mol. The van der Waals surface area contributed by atoms with Gasteiger partial charge < -0.3 is 11.1 Å². The van der Waals surface area contributed by atoms with Crippen LogP contribution >= 0.6 is 11.8 Å². The van der Waals surface area contributed by atoms with Gasteiger partial charge in [0.05, 0.1) is 16.0 Å². The van der Waals surface area contributed by atoms with Crippen molar-refractivity contribution in [3.8, 4) is 0 Å². The summed E-state index contributed by atoms with van der Waals surface area (Å²) in [6, 6.07) is 10.1. The van der Waals surface area contributed by atoms with Crippen LogP contribution in [0.4, 0.5) is 0 Å². The van der Waals surface area contributed by atoms with Crippen LogP contribution in [-0.4, -0.2) is 17.1 Å². The minimum Gasteiger partial charge on any atom is -0.366 e. The molecule has 1 aromatic carbocycles. The van der Waals surface area contributed by atoms with Crippen LogP contribution in [0.5, 0.6) is 0 Å². The Kier molecular flexibility index (Phi) is 4.36. The van der Waals surface area contributed by atoms with Crippen molar-refractivity contribution in [3.63, 3.8) is 0 Å². The predicted octanol–water partition coefficient (Wildman–Crippen LogP) is 3.23. The van der Waals surface area contributed by atoms with E-state index in [4.69, 9.17) is 5.73 Å². The van der Waals surface area contributed by atoms with E-state index in [1.807, 2.05) is 30.3 Å². The molecule has 2 atom stereocenters. The summed E-state index contributed by atoms with van der Waals surface area (Å²) in [4.78, 5) is 25.3. The van der Waals surface area contributed by atoms with Gasteiger partial charge in [0.2, 0.25) is 11.8 Å². The first-order valence-electron chi connectivity index (χ1n) is 9.19. The summed E-state index contributed by atoms with van der Waals surface area (Å²) in [5.41, 5.74) is 6.91. The van der Waals surface area contributed by atoms with E-state index in [-0.39, 0.29) is 17.7 Å². The van der Waals surface area contributed by atoms with Crippen LogP contribution in [0.1, 0.15) is 50.5 Å². The number of primary amides is 1. The van der Waals surface area contributed by atoms with Crippen LogP contribution in [0.25, 0.3) is 0 Å². The summed E-state index contributed by atoms with van der Waals surface area (Å²) in [5.74, 6) is -0.135. The van der Waals surface area contributed by atoms with Gasteiger partial charge in [-0.25, -0.2) is 0 Å². The van der Waals surface area contributed by atoms with Crippen molar-refractivity contribution in [2.45, 2.75) is 55.6 Å². The van der Waals surface area contributed by atoms with E-state index < -0.39 is 5.41 Å². The summed E-state index contributed by atoms with van der Waals surface area (Å²) in [7, 11) is 0. The lowest BCUT2D eigenvalue weighted by Gasteiger charge is -2.28. The third kappa shape index (κ3) is 2.78. The molecule has 5 heteroatoms. The lowest BCUT2D eigenvalue weighted by atomic mass is 9.78. The third-order valence-corrected chi connectivity index (χ3v) is 7.47. The SMILES string of the molecule is NC(=O)C1=C(NC(=O)C2(c3ccccc3)CCCC2)S[C@H]2CCC[C@H]12. The van der Waals surface area contributed by atoms with Crippen molar-refractivity contribution in [2.24, 2.45) is 11.7 Å². The second kappa shape index (κ2) is 6.52. The van der Waals surface area contributed by atoms with Crippen molar-refractivity contribution in [1.29, 1.82) is 0 Å². The molecular formula is C20H24N2O2S. The molecule has 25 heavy (non-hydrogen) atoms. The van der Waals surface area contributed by atoms with Gasteiger partial charge in [0.25, 0.3) is 0 Å². The minimum atomic E-state index is -0.477. The molecule has 3 aliphatic rings. The van der Waals surface area contributed by atoms with Crippen LogP contribution in [0.3, 0.4) is 0 Å². The number of hydrogen-bond donors (Lipinski definition) is 2. The van der Waals surface area contributed by atoms with Crippen molar-refractivity contribution in [2.75, 3.05) is 0 Å². The van der Waals surface area contributed by atoms with Gasteiger partial charge in [0, 0.05) is 11.2 Å². The molecule has 0 unspecified atom stereocenters. The Morgan fingerprint density at radius 1 is 1.08 bits per heavy atom. The largest absolute Gasteiger partial charge is 0.366 e. The molecule has 4 rings (SSSR count). The molecule has 2 aliphatic carbocycles. The first kappa shape index (κ1) is 16.7. The number of rotatable bonds is 4. The standard InChI is InChI=1S/C20H24N2O2S/c21-17(23)16-14-9-6-10-15(14)25-18(16)22-19(24)20(11-4-5-12-20)13-7-2-1-3-8-13/h1-3,7-8,14-15H,4-6,9-12H2,(H2,21,23)(H,22,24)/t14-,15-/m0/s1. The number of carbonyl (C=O) groups is 2. The van der Waals surface area contributed by atoms with Crippen LogP contribution in [0.15, 0.2) is 40.9 Å². The van der Waals surface area contributed by atoms with Crippen molar-refractivity contribution in [1.82, 2.24) is 5.32 Å². The molecule has 0 aromatic heterocycles. The summed E-state index contributed by atoms with van der Waals surface area (Å²) < 4.78 is 0.